The predicted octanol–water partition coefficient (Wildman–Crippen LogP) is 4.84. The van der Waals surface area contributed by atoms with Crippen molar-refractivity contribution in [1.29, 1.82) is 0 Å². The first-order valence-corrected chi connectivity index (χ1v) is 12.6. The molecule has 0 spiro atoms. The second kappa shape index (κ2) is 9.46. The van der Waals surface area contributed by atoms with Crippen LogP contribution in [-0.2, 0) is 23.2 Å². The van der Waals surface area contributed by atoms with Crippen LogP contribution < -0.4 is 14.3 Å². The molecule has 0 aliphatic rings. The average molecular weight is 487 g/mol. The largest absolute Gasteiger partial charge is 0.489 e. The molecule has 172 valence electrons. The summed E-state index contributed by atoms with van der Waals surface area (Å²) in [5, 5.41) is 0. The average Bonchev–Trinajstić information content (AvgIpc) is 3.13. The second-order valence-electron chi connectivity index (χ2n) is 7.84. The summed E-state index contributed by atoms with van der Waals surface area (Å²) in [7, 11) is -3.75. The van der Waals surface area contributed by atoms with Gasteiger partial charge in [0.05, 0.1) is 15.1 Å². The number of ether oxygens (including phenoxy) is 1. The molecule has 9 heteroatoms. The molecule has 6 nitrogen and oxygen atoms in total. The number of halogens is 1. The number of hydrogen-bond acceptors (Lipinski definition) is 5. The molecular weight excluding hydrogens is 463 g/mol. The maximum absolute atomic E-state index is 13.0. The van der Waals surface area contributed by atoms with Gasteiger partial charge in [0.2, 0.25) is 10.0 Å². The number of nitrogens with one attached hydrogen (secondary N) is 1. The molecule has 33 heavy (non-hydrogen) atoms. The zero-order valence-corrected chi connectivity index (χ0v) is 19.8. The van der Waals surface area contributed by atoms with E-state index in [9.17, 15) is 17.6 Å². The normalized spacial score (nSPS) is 11.9. The predicted molar refractivity (Wildman–Crippen MR) is 128 cm³/mol. The minimum atomic E-state index is -3.75. The van der Waals surface area contributed by atoms with E-state index < -0.39 is 10.0 Å². The fourth-order valence-electron chi connectivity index (χ4n) is 3.39. The second-order valence-corrected chi connectivity index (χ2v) is 10.6. The van der Waals surface area contributed by atoms with Crippen LogP contribution in [0, 0.1) is 5.82 Å². The Kier molecular flexibility index (Phi) is 6.64. The van der Waals surface area contributed by atoms with Crippen LogP contribution in [-0.4, -0.2) is 13.0 Å². The van der Waals surface area contributed by atoms with Crippen molar-refractivity contribution in [3.63, 3.8) is 0 Å². The van der Waals surface area contributed by atoms with Crippen molar-refractivity contribution >= 4 is 31.6 Å². The molecule has 0 aliphatic heterocycles. The number of aromatic nitrogens is 1. The molecule has 0 radical (unpaired) electrons. The number of sulfonamides is 1. The van der Waals surface area contributed by atoms with Gasteiger partial charge in [-0.3, -0.25) is 9.36 Å². The first-order valence-electron chi connectivity index (χ1n) is 10.3. The van der Waals surface area contributed by atoms with E-state index in [0.717, 1.165) is 28.0 Å². The fourth-order valence-corrected chi connectivity index (χ4v) is 5.56. The summed E-state index contributed by atoms with van der Waals surface area (Å²) in [5.74, 6) is 0.330. The molecule has 1 N–H and O–H groups in total. The standard InChI is InChI=1S/C24H23FN2O4S2/c1-16(2)27-22-12-11-21(13-23(22)32-24(27)28)33(29,30)26-14-17-5-9-20(10-6-17)31-15-18-3-7-19(25)8-4-18/h3-13,16,26H,14-15H2,1-2H3. The monoisotopic (exact) mass is 486 g/mol. The molecule has 0 saturated carbocycles. The third-order valence-corrected chi connectivity index (χ3v) is 7.44. The lowest BCUT2D eigenvalue weighted by Gasteiger charge is -2.10. The highest BCUT2D eigenvalue weighted by Gasteiger charge is 2.17. The van der Waals surface area contributed by atoms with Crippen molar-refractivity contribution in [2.75, 3.05) is 0 Å². The van der Waals surface area contributed by atoms with Gasteiger partial charge in [-0.15, -0.1) is 0 Å². The highest BCUT2D eigenvalue weighted by molar-refractivity contribution is 7.89. The molecule has 1 heterocycles. The zero-order valence-electron chi connectivity index (χ0n) is 18.1. The number of nitrogens with zero attached hydrogens (tertiary/aromatic N) is 1. The van der Waals surface area contributed by atoms with Crippen molar-refractivity contribution in [3.05, 3.63) is 93.3 Å². The lowest BCUT2D eigenvalue weighted by molar-refractivity contribution is 0.306. The first kappa shape index (κ1) is 23.2. The third kappa shape index (κ3) is 5.32. The molecule has 3 aromatic carbocycles. The maximum Gasteiger partial charge on any atom is 0.308 e. The Hall–Kier alpha value is -3.01. The van der Waals surface area contributed by atoms with Crippen LogP contribution >= 0.6 is 11.3 Å². The third-order valence-electron chi connectivity index (χ3n) is 5.12. The van der Waals surface area contributed by atoms with E-state index in [2.05, 4.69) is 4.72 Å². The molecule has 0 aliphatic carbocycles. The van der Waals surface area contributed by atoms with E-state index in [4.69, 9.17) is 4.74 Å². The van der Waals surface area contributed by atoms with Crippen LogP contribution in [0.4, 0.5) is 4.39 Å². The van der Waals surface area contributed by atoms with Gasteiger partial charge in [-0.05, 0) is 67.4 Å². The van der Waals surface area contributed by atoms with Crippen LogP contribution in [0.3, 0.4) is 0 Å². The van der Waals surface area contributed by atoms with Gasteiger partial charge in [0.15, 0.2) is 0 Å². The van der Waals surface area contributed by atoms with Crippen LogP contribution in [0.25, 0.3) is 10.2 Å². The summed E-state index contributed by atoms with van der Waals surface area (Å²) >= 11 is 1.04. The van der Waals surface area contributed by atoms with E-state index in [1.165, 1.54) is 24.3 Å². The summed E-state index contributed by atoms with van der Waals surface area (Å²) in [6.45, 7) is 4.25. The fraction of sp³-hybridized carbons (Fsp3) is 0.208. The van der Waals surface area contributed by atoms with Gasteiger partial charge in [0.25, 0.3) is 0 Å². The van der Waals surface area contributed by atoms with Gasteiger partial charge in [0, 0.05) is 12.6 Å². The van der Waals surface area contributed by atoms with Gasteiger partial charge < -0.3 is 4.74 Å². The highest BCUT2D eigenvalue weighted by atomic mass is 32.2. The molecule has 0 saturated heterocycles. The van der Waals surface area contributed by atoms with Crippen LogP contribution in [0.5, 0.6) is 5.75 Å². The molecule has 0 amide bonds. The molecule has 1 aromatic heterocycles. The Balaban J connectivity index is 1.40. The number of benzene rings is 3. The van der Waals surface area contributed by atoms with E-state index in [1.54, 1.807) is 47.0 Å². The molecular formula is C24H23FN2O4S2. The maximum atomic E-state index is 13.0. The number of fused-ring (bicyclic) bond motifs is 1. The van der Waals surface area contributed by atoms with Crippen LogP contribution in [0.1, 0.15) is 31.0 Å². The minimum absolute atomic E-state index is 0.00512. The van der Waals surface area contributed by atoms with Crippen LogP contribution in [0.2, 0.25) is 0 Å². The summed E-state index contributed by atoms with van der Waals surface area (Å²) < 4.78 is 49.1. The molecule has 4 rings (SSSR count). The smallest absolute Gasteiger partial charge is 0.308 e. The molecule has 4 aromatic rings. The first-order chi connectivity index (χ1) is 15.7. The number of hydrogen-bond donors (Lipinski definition) is 1. The summed E-state index contributed by atoms with van der Waals surface area (Å²) in [6, 6.07) is 17.9. The van der Waals surface area contributed by atoms with Crippen molar-refractivity contribution in [2.24, 2.45) is 0 Å². The topological polar surface area (TPSA) is 77.4 Å². The molecule has 0 fully saturated rings. The summed E-state index contributed by atoms with van der Waals surface area (Å²) in [4.78, 5) is 12.2. The summed E-state index contributed by atoms with van der Waals surface area (Å²) in [5.41, 5.74) is 2.35. The van der Waals surface area contributed by atoms with Gasteiger partial charge in [-0.2, -0.15) is 0 Å². The van der Waals surface area contributed by atoms with E-state index >= 15 is 0 Å². The highest BCUT2D eigenvalue weighted by Crippen LogP contribution is 2.24. The lowest BCUT2D eigenvalue weighted by atomic mass is 10.2. The Morgan fingerprint density at radius 1 is 1.00 bits per heavy atom. The van der Waals surface area contributed by atoms with E-state index in [0.29, 0.717) is 17.1 Å². The Morgan fingerprint density at radius 3 is 2.33 bits per heavy atom. The molecule has 0 atom stereocenters. The molecule has 0 unspecified atom stereocenters. The Labute approximate surface area is 195 Å². The van der Waals surface area contributed by atoms with Crippen molar-refractivity contribution in [3.8, 4) is 5.75 Å². The van der Waals surface area contributed by atoms with E-state index in [1.807, 2.05) is 13.8 Å². The van der Waals surface area contributed by atoms with Gasteiger partial charge in [0.1, 0.15) is 18.2 Å². The van der Waals surface area contributed by atoms with Crippen LogP contribution in [0.15, 0.2) is 76.4 Å². The quantitative estimate of drug-likeness (QED) is 0.387. The van der Waals surface area contributed by atoms with Crippen molar-refractivity contribution in [1.82, 2.24) is 9.29 Å². The SMILES string of the molecule is CC(C)n1c(=O)sc2cc(S(=O)(=O)NCc3ccc(OCc4ccc(F)cc4)cc3)ccc21. The van der Waals surface area contributed by atoms with E-state index in [-0.39, 0.29) is 28.2 Å². The van der Waals surface area contributed by atoms with Crippen molar-refractivity contribution < 1.29 is 17.5 Å². The Bertz CT molecular complexity index is 1420. The minimum Gasteiger partial charge on any atom is -0.489 e. The van der Waals surface area contributed by atoms with Gasteiger partial charge >= 0.3 is 4.87 Å². The van der Waals surface area contributed by atoms with Gasteiger partial charge in [-0.25, -0.2) is 17.5 Å². The molecule has 0 bridgehead atoms. The number of rotatable bonds is 8. The summed E-state index contributed by atoms with van der Waals surface area (Å²) in [6.07, 6.45) is 0. The van der Waals surface area contributed by atoms with Crippen molar-refractivity contribution in [2.45, 2.75) is 37.9 Å². The zero-order chi connectivity index (χ0) is 23.6. The number of thiazole rings is 1. The lowest BCUT2D eigenvalue weighted by Crippen LogP contribution is -2.23. The van der Waals surface area contributed by atoms with Gasteiger partial charge in [-0.1, -0.05) is 35.6 Å². The Morgan fingerprint density at radius 2 is 1.67 bits per heavy atom.